The van der Waals surface area contributed by atoms with Crippen LogP contribution in [0.1, 0.15) is 18.1 Å². The number of aliphatic hydroxyl groups excluding tert-OH is 2. The van der Waals surface area contributed by atoms with Crippen molar-refractivity contribution >= 4 is 53.7 Å². The predicted octanol–water partition coefficient (Wildman–Crippen LogP) is 8.14. The zero-order chi connectivity index (χ0) is 37.9. The second-order valence-corrected chi connectivity index (χ2v) is 14.2. The third kappa shape index (κ3) is 9.82. The van der Waals surface area contributed by atoms with Crippen LogP contribution in [-0.2, 0) is 9.13 Å². The van der Waals surface area contributed by atoms with Crippen molar-refractivity contribution in [2.24, 2.45) is 0 Å². The number of halogens is 3. The van der Waals surface area contributed by atoms with Crippen molar-refractivity contribution in [2.75, 3.05) is 0 Å². The predicted molar refractivity (Wildman–Crippen MR) is 196 cm³/mol. The molecule has 0 aliphatic heterocycles. The van der Waals surface area contributed by atoms with Gasteiger partial charge in [-0.3, -0.25) is 14.5 Å². The molecule has 16 heteroatoms. The van der Waals surface area contributed by atoms with Crippen LogP contribution < -0.4 is 9.83 Å². The summed E-state index contributed by atoms with van der Waals surface area (Å²) in [5.41, 5.74) is 5.26. The zero-order valence-electron chi connectivity index (χ0n) is 27.7. The van der Waals surface area contributed by atoms with E-state index in [4.69, 9.17) is 14.5 Å². The van der Waals surface area contributed by atoms with Gasteiger partial charge in [-0.05, 0) is 81.1 Å². The summed E-state index contributed by atoms with van der Waals surface area (Å²) < 4.78 is 63.9. The fourth-order valence-corrected chi connectivity index (χ4v) is 6.69. The van der Waals surface area contributed by atoms with Crippen LogP contribution >= 0.6 is 15.9 Å². The molecule has 0 aliphatic carbocycles. The van der Waals surface area contributed by atoms with E-state index < -0.39 is 40.7 Å². The summed E-state index contributed by atoms with van der Waals surface area (Å²) in [7, 11) is -7.04. The standard InChI is InChI=1S/C24H16N2O6P2.C14H13F3O2.Eu/c27-33(28)32-17-5-1-15(2-6-17)19-11-13-25-23-21(19)9-10-22-20(12-14-26-24(22)23)16-3-7-18(8-4-16)34(29,30)31;15-14(16,17)13(19)8-12(18)11-6-5-9-3-1-2-4-10(9)7-11;/h1-14H,(H2-,27,28,29,30,31);1-7,12-13,18-19H,8H2;/p+1. The molecule has 277 valence electrons. The van der Waals surface area contributed by atoms with E-state index in [0.29, 0.717) is 22.3 Å². The summed E-state index contributed by atoms with van der Waals surface area (Å²) in [5.74, 6) is 0.298. The zero-order valence-corrected chi connectivity index (χ0v) is 32.0. The number of alkyl halides is 3. The molecule has 10 nitrogen and oxygen atoms in total. The molecule has 0 spiro atoms. The molecular formula is C38H30EuF3N2O8P2+. The molecular weight excluding hydrogens is 883 g/mol. The van der Waals surface area contributed by atoms with Gasteiger partial charge in [-0.2, -0.15) is 13.2 Å². The van der Waals surface area contributed by atoms with Gasteiger partial charge in [-0.25, -0.2) is 4.52 Å². The number of benzene rings is 5. The molecule has 0 bridgehead atoms. The van der Waals surface area contributed by atoms with E-state index in [2.05, 4.69) is 9.97 Å². The molecule has 0 saturated heterocycles. The van der Waals surface area contributed by atoms with E-state index in [1.54, 1.807) is 67.0 Å². The Morgan fingerprint density at radius 3 is 1.74 bits per heavy atom. The Balaban J connectivity index is 0.000000239. The van der Waals surface area contributed by atoms with Crippen LogP contribution in [0.25, 0.3) is 54.8 Å². The molecule has 2 aromatic heterocycles. The number of nitrogens with zero attached hydrogens (tertiary/aromatic N) is 2. The van der Waals surface area contributed by atoms with Crippen LogP contribution in [0.3, 0.4) is 0 Å². The van der Waals surface area contributed by atoms with Gasteiger partial charge in [-0.15, -0.1) is 4.89 Å². The van der Waals surface area contributed by atoms with Gasteiger partial charge >= 0.3 is 22.0 Å². The molecule has 0 amide bonds. The van der Waals surface area contributed by atoms with Crippen molar-refractivity contribution in [3.63, 3.8) is 0 Å². The number of hydrogen-bond donors (Lipinski definition) is 5. The second-order valence-electron chi connectivity index (χ2n) is 11.9. The topological polar surface area (TPSA) is 170 Å². The molecule has 0 saturated carbocycles. The molecule has 5 N–H and O–H groups in total. The summed E-state index contributed by atoms with van der Waals surface area (Å²) in [6, 6.07) is 33.0. The Hall–Kier alpha value is -3.52. The SMILES string of the molecule is O=[P+](O)Oc1ccc(-c2ccnc3c2ccc2c(-c4ccc(P(=O)(O)O)cc4)ccnc23)cc1.OC(CC(O)C(F)(F)F)c1ccc2ccccc2c1.[Eu]. The van der Waals surface area contributed by atoms with Crippen molar-refractivity contribution in [3.05, 3.63) is 133 Å². The van der Waals surface area contributed by atoms with Crippen LogP contribution in [0.5, 0.6) is 5.75 Å². The fourth-order valence-electron chi connectivity index (χ4n) is 5.85. The first kappa shape index (κ1) is 41.6. The van der Waals surface area contributed by atoms with Crippen LogP contribution in [0.4, 0.5) is 13.2 Å². The van der Waals surface area contributed by atoms with Gasteiger partial charge < -0.3 is 20.0 Å². The Labute approximate surface area is 348 Å². The van der Waals surface area contributed by atoms with E-state index in [-0.39, 0.29) is 54.7 Å². The minimum Gasteiger partial charge on any atom is -0.388 e. The molecule has 54 heavy (non-hydrogen) atoms. The first-order valence-corrected chi connectivity index (χ1v) is 18.6. The molecule has 5 aromatic carbocycles. The number of aromatic nitrogens is 2. The monoisotopic (exact) mass is 914 g/mol. The van der Waals surface area contributed by atoms with Crippen LogP contribution in [0.15, 0.2) is 128 Å². The first-order chi connectivity index (χ1) is 25.2. The third-order valence-electron chi connectivity index (χ3n) is 8.47. The summed E-state index contributed by atoms with van der Waals surface area (Å²) >= 11 is 0. The molecule has 7 rings (SSSR count). The van der Waals surface area contributed by atoms with Crippen molar-refractivity contribution in [3.8, 4) is 28.0 Å². The molecule has 7 aromatic rings. The van der Waals surface area contributed by atoms with E-state index in [1.807, 2.05) is 48.5 Å². The molecule has 2 heterocycles. The third-order valence-corrected chi connectivity index (χ3v) is 9.81. The van der Waals surface area contributed by atoms with Crippen LogP contribution in [0.2, 0.25) is 0 Å². The van der Waals surface area contributed by atoms with Crippen molar-refractivity contribution in [2.45, 2.75) is 24.8 Å². The average Bonchev–Trinajstić information content (AvgIpc) is 3.13. The smallest absolute Gasteiger partial charge is 0.388 e. The van der Waals surface area contributed by atoms with E-state index in [0.717, 1.165) is 43.8 Å². The minimum absolute atomic E-state index is 0. The second kappa shape index (κ2) is 17.5. The van der Waals surface area contributed by atoms with E-state index in [1.165, 1.54) is 12.1 Å². The normalized spacial score (nSPS) is 13.1. The maximum absolute atomic E-state index is 12.2. The van der Waals surface area contributed by atoms with Crippen LogP contribution in [-0.4, -0.2) is 47.1 Å². The van der Waals surface area contributed by atoms with Gasteiger partial charge in [0.05, 0.1) is 22.4 Å². The van der Waals surface area contributed by atoms with Crippen molar-refractivity contribution in [1.29, 1.82) is 0 Å². The van der Waals surface area contributed by atoms with Crippen LogP contribution in [0, 0.1) is 49.4 Å². The van der Waals surface area contributed by atoms with Crippen molar-refractivity contribution < 1.29 is 101 Å². The quantitative estimate of drug-likeness (QED) is 0.0741. The van der Waals surface area contributed by atoms with Crippen molar-refractivity contribution in [1.82, 2.24) is 9.97 Å². The summed E-state index contributed by atoms with van der Waals surface area (Å²) in [6.45, 7) is 0. The first-order valence-electron chi connectivity index (χ1n) is 15.9. The Kier molecular flexibility index (Phi) is 13.5. The van der Waals surface area contributed by atoms with E-state index >= 15 is 0 Å². The average molecular weight is 914 g/mol. The number of aliphatic hydroxyl groups is 2. The summed E-state index contributed by atoms with van der Waals surface area (Å²) in [5, 5.41) is 22.2. The Morgan fingerprint density at radius 1 is 0.722 bits per heavy atom. The summed E-state index contributed by atoms with van der Waals surface area (Å²) in [6.07, 6.45) is -5.95. The Morgan fingerprint density at radius 2 is 1.24 bits per heavy atom. The fraction of sp³-hybridized carbons (Fsp3) is 0.105. The van der Waals surface area contributed by atoms with E-state index in [9.17, 15) is 37.2 Å². The molecule has 3 unspecified atom stereocenters. The number of fused-ring (bicyclic) bond motifs is 4. The van der Waals surface area contributed by atoms with Gasteiger partial charge in [0.1, 0.15) is 0 Å². The largest absolute Gasteiger partial charge is 0.747 e. The van der Waals surface area contributed by atoms with Gasteiger partial charge in [0, 0.05) is 83.5 Å². The molecule has 3 atom stereocenters. The number of pyridine rings is 2. The van der Waals surface area contributed by atoms with Gasteiger partial charge in [0.15, 0.2) is 11.9 Å². The molecule has 0 aliphatic rings. The van der Waals surface area contributed by atoms with Gasteiger partial charge in [0.25, 0.3) is 0 Å². The minimum atomic E-state index is -4.71. The summed E-state index contributed by atoms with van der Waals surface area (Å²) in [4.78, 5) is 36.8. The molecule has 0 fully saturated rings. The number of rotatable bonds is 8. The van der Waals surface area contributed by atoms with Gasteiger partial charge in [-0.1, -0.05) is 72.8 Å². The molecule has 1 radical (unpaired) electrons. The number of hydrogen-bond acceptors (Lipinski definition) is 7. The maximum atomic E-state index is 12.2. The Bertz CT molecular complexity index is 2480. The maximum Gasteiger partial charge on any atom is 0.747 e. The van der Waals surface area contributed by atoms with Gasteiger partial charge in [0.2, 0.25) is 0 Å².